The average Bonchev–Trinajstić information content (AvgIpc) is 2.94. The molecule has 0 spiro atoms. The van der Waals surface area contributed by atoms with Gasteiger partial charge >= 0.3 is 6.09 Å². The molecule has 4 atom stereocenters. The molecule has 3 N–H and O–H groups in total. The van der Waals surface area contributed by atoms with Crippen LogP contribution in [0.3, 0.4) is 0 Å². The van der Waals surface area contributed by atoms with Crippen LogP contribution < -0.4 is 5.32 Å². The zero-order chi connectivity index (χ0) is 20.6. The standard InChI is InChI=1S/C19H39NO5Si/c1-13(20-16(21)22)15(25-26(8,9)18(5,6)7)19(23,17(2,3)4)14-10-11-24-12-14/h13-15,20,23H,10-12H2,1-9H3,(H,21,22)/t13-,14+,15-,19?/m0/s1. The van der Waals surface area contributed by atoms with Crippen molar-refractivity contribution in [1.29, 1.82) is 0 Å². The minimum absolute atomic E-state index is 0.0564. The second-order valence-corrected chi connectivity index (χ2v) is 14.9. The van der Waals surface area contributed by atoms with E-state index in [4.69, 9.17) is 9.16 Å². The SMILES string of the molecule is C[C@H](NC(=O)O)[C@H](O[Si](C)(C)C(C)(C)C)C(O)([C@@H]1CCOC1)C(C)(C)C. The number of amides is 1. The van der Waals surface area contributed by atoms with E-state index in [-0.39, 0.29) is 11.0 Å². The quantitative estimate of drug-likeness (QED) is 0.601. The van der Waals surface area contributed by atoms with E-state index in [1.54, 1.807) is 6.92 Å². The third-order valence-electron chi connectivity index (χ3n) is 6.22. The number of ether oxygens (including phenoxy) is 1. The molecule has 7 heteroatoms. The zero-order valence-electron chi connectivity index (χ0n) is 18.0. The van der Waals surface area contributed by atoms with Gasteiger partial charge in [0, 0.05) is 12.5 Å². The summed E-state index contributed by atoms with van der Waals surface area (Å²) in [6.07, 6.45) is -1.03. The Bertz CT molecular complexity index is 491. The summed E-state index contributed by atoms with van der Waals surface area (Å²) in [6, 6.07) is -0.550. The molecule has 0 radical (unpaired) electrons. The summed E-state index contributed by atoms with van der Waals surface area (Å²) >= 11 is 0. The second-order valence-electron chi connectivity index (χ2n) is 10.2. The monoisotopic (exact) mass is 389 g/mol. The molecule has 0 bridgehead atoms. The molecule has 0 aromatic carbocycles. The van der Waals surface area contributed by atoms with E-state index in [1.807, 2.05) is 20.8 Å². The molecule has 1 heterocycles. The van der Waals surface area contributed by atoms with Crippen LogP contribution in [0.5, 0.6) is 0 Å². The maximum atomic E-state index is 12.0. The lowest BCUT2D eigenvalue weighted by Gasteiger charge is -2.54. The van der Waals surface area contributed by atoms with Crippen LogP contribution in [-0.4, -0.2) is 55.6 Å². The first kappa shape index (κ1) is 23.4. The maximum absolute atomic E-state index is 12.0. The third kappa shape index (κ3) is 4.80. The first-order valence-electron chi connectivity index (χ1n) is 9.51. The van der Waals surface area contributed by atoms with Gasteiger partial charge in [0.2, 0.25) is 0 Å². The molecule has 0 saturated carbocycles. The molecule has 1 aliphatic rings. The Hall–Kier alpha value is -0.633. The minimum Gasteiger partial charge on any atom is -0.465 e. The van der Waals surface area contributed by atoms with E-state index in [1.165, 1.54) is 0 Å². The predicted octanol–water partition coefficient (Wildman–Crippen LogP) is 3.85. The van der Waals surface area contributed by atoms with Gasteiger partial charge in [-0.3, -0.25) is 0 Å². The van der Waals surface area contributed by atoms with Crippen molar-refractivity contribution < 1.29 is 24.2 Å². The van der Waals surface area contributed by atoms with Gasteiger partial charge in [0.1, 0.15) is 5.60 Å². The van der Waals surface area contributed by atoms with Crippen molar-refractivity contribution in [3.05, 3.63) is 0 Å². The van der Waals surface area contributed by atoms with Crippen molar-refractivity contribution >= 4 is 14.4 Å². The number of carbonyl (C=O) groups is 1. The van der Waals surface area contributed by atoms with Gasteiger partial charge in [-0.05, 0) is 36.9 Å². The molecule has 1 amide bonds. The highest BCUT2D eigenvalue weighted by molar-refractivity contribution is 6.74. The largest absolute Gasteiger partial charge is 0.465 e. The molecular weight excluding hydrogens is 350 g/mol. The van der Waals surface area contributed by atoms with Crippen molar-refractivity contribution in [3.63, 3.8) is 0 Å². The van der Waals surface area contributed by atoms with Gasteiger partial charge in [0.25, 0.3) is 0 Å². The number of aliphatic hydroxyl groups is 1. The summed E-state index contributed by atoms with van der Waals surface area (Å²) in [6.45, 7) is 19.5. The summed E-state index contributed by atoms with van der Waals surface area (Å²) in [5.74, 6) is -0.102. The average molecular weight is 390 g/mol. The van der Waals surface area contributed by atoms with E-state index < -0.39 is 37.6 Å². The molecule has 0 aliphatic carbocycles. The van der Waals surface area contributed by atoms with Gasteiger partial charge in [-0.1, -0.05) is 41.5 Å². The Morgan fingerprint density at radius 1 is 1.23 bits per heavy atom. The molecule has 1 saturated heterocycles. The van der Waals surface area contributed by atoms with Crippen LogP contribution in [0.25, 0.3) is 0 Å². The molecule has 154 valence electrons. The molecule has 1 fully saturated rings. The summed E-state index contributed by atoms with van der Waals surface area (Å²) < 4.78 is 12.2. The van der Waals surface area contributed by atoms with E-state index in [9.17, 15) is 15.0 Å². The van der Waals surface area contributed by atoms with Crippen molar-refractivity contribution in [3.8, 4) is 0 Å². The Labute approximate surface area is 159 Å². The van der Waals surface area contributed by atoms with E-state index in [0.29, 0.717) is 13.2 Å². The topological polar surface area (TPSA) is 88.0 Å². The lowest BCUT2D eigenvalue weighted by Crippen LogP contribution is -2.67. The third-order valence-corrected chi connectivity index (χ3v) is 10.7. The fourth-order valence-electron chi connectivity index (χ4n) is 3.49. The molecule has 6 nitrogen and oxygen atoms in total. The second kappa shape index (κ2) is 7.77. The van der Waals surface area contributed by atoms with Gasteiger partial charge in [-0.2, -0.15) is 0 Å². The first-order chi connectivity index (χ1) is 11.5. The molecule has 0 aromatic rings. The van der Waals surface area contributed by atoms with Gasteiger partial charge in [-0.15, -0.1) is 0 Å². The molecule has 26 heavy (non-hydrogen) atoms. The van der Waals surface area contributed by atoms with E-state index in [0.717, 1.165) is 6.42 Å². The molecule has 1 rings (SSSR count). The Morgan fingerprint density at radius 3 is 2.12 bits per heavy atom. The Balaban J connectivity index is 3.41. The summed E-state index contributed by atoms with van der Waals surface area (Å²) in [5, 5.41) is 23.7. The number of rotatable bonds is 6. The van der Waals surface area contributed by atoms with Gasteiger partial charge in [0.15, 0.2) is 8.32 Å². The van der Waals surface area contributed by atoms with Gasteiger partial charge in [0.05, 0.1) is 18.8 Å². The summed E-state index contributed by atoms with van der Waals surface area (Å²) in [7, 11) is -2.26. The lowest BCUT2D eigenvalue weighted by atomic mass is 9.64. The highest BCUT2D eigenvalue weighted by atomic mass is 28.4. The van der Waals surface area contributed by atoms with E-state index >= 15 is 0 Å². The smallest absolute Gasteiger partial charge is 0.404 e. The number of hydrogen-bond donors (Lipinski definition) is 3. The fraction of sp³-hybridized carbons (Fsp3) is 0.947. The fourth-order valence-corrected chi connectivity index (χ4v) is 4.86. The lowest BCUT2D eigenvalue weighted by molar-refractivity contribution is -0.178. The van der Waals surface area contributed by atoms with Crippen LogP contribution in [0, 0.1) is 11.3 Å². The highest BCUT2D eigenvalue weighted by Gasteiger charge is 2.57. The normalized spacial score (nSPS) is 24.0. The van der Waals surface area contributed by atoms with E-state index in [2.05, 4.69) is 39.2 Å². The van der Waals surface area contributed by atoms with Crippen molar-refractivity contribution in [2.75, 3.05) is 13.2 Å². The molecule has 0 aromatic heterocycles. The maximum Gasteiger partial charge on any atom is 0.404 e. The van der Waals surface area contributed by atoms with Crippen molar-refractivity contribution in [2.45, 2.75) is 90.8 Å². The minimum atomic E-state index is -2.26. The number of hydrogen-bond acceptors (Lipinski definition) is 4. The first-order valence-corrected chi connectivity index (χ1v) is 12.4. The van der Waals surface area contributed by atoms with Crippen LogP contribution in [-0.2, 0) is 9.16 Å². The number of carboxylic acid groups (broad SMARTS) is 1. The van der Waals surface area contributed by atoms with Crippen molar-refractivity contribution in [2.24, 2.45) is 11.3 Å². The highest BCUT2D eigenvalue weighted by Crippen LogP contribution is 2.47. The van der Waals surface area contributed by atoms with Crippen LogP contribution >= 0.6 is 0 Å². The van der Waals surface area contributed by atoms with Crippen LogP contribution in [0.1, 0.15) is 54.9 Å². The predicted molar refractivity (Wildman–Crippen MR) is 106 cm³/mol. The zero-order valence-corrected chi connectivity index (χ0v) is 19.0. The Morgan fingerprint density at radius 2 is 1.77 bits per heavy atom. The van der Waals surface area contributed by atoms with Crippen molar-refractivity contribution in [1.82, 2.24) is 5.32 Å². The molecular formula is C19H39NO5Si. The molecule has 1 unspecified atom stereocenters. The number of nitrogens with one attached hydrogen (secondary N) is 1. The molecule has 1 aliphatic heterocycles. The van der Waals surface area contributed by atoms with Crippen LogP contribution in [0.4, 0.5) is 4.79 Å². The van der Waals surface area contributed by atoms with Gasteiger partial charge < -0.3 is 24.7 Å². The Kier molecular flexibility index (Phi) is 7.00. The van der Waals surface area contributed by atoms with Crippen LogP contribution in [0.15, 0.2) is 0 Å². The summed E-state index contributed by atoms with van der Waals surface area (Å²) in [4.78, 5) is 11.3. The van der Waals surface area contributed by atoms with Crippen LogP contribution in [0.2, 0.25) is 18.1 Å². The van der Waals surface area contributed by atoms with Gasteiger partial charge in [-0.25, -0.2) is 4.79 Å². The summed E-state index contributed by atoms with van der Waals surface area (Å²) in [5.41, 5.74) is -1.73.